The predicted molar refractivity (Wildman–Crippen MR) is 57.5 cm³/mol. The van der Waals surface area contributed by atoms with Crippen LogP contribution in [-0.4, -0.2) is 17.3 Å². The highest BCUT2D eigenvalue weighted by molar-refractivity contribution is 5.28. The average Bonchev–Trinajstić information content (AvgIpc) is 2.20. The Morgan fingerprint density at radius 3 is 2.67 bits per heavy atom. The van der Waals surface area contributed by atoms with E-state index in [0.29, 0.717) is 17.7 Å². The molecule has 0 saturated heterocycles. The molecule has 3 heteroatoms. The highest BCUT2D eigenvalue weighted by Crippen LogP contribution is 2.18. The van der Waals surface area contributed by atoms with E-state index in [9.17, 15) is 9.50 Å². The number of halogens is 1. The lowest BCUT2D eigenvalue weighted by Crippen LogP contribution is -2.31. The molecule has 1 aromatic carbocycles. The van der Waals surface area contributed by atoms with Crippen molar-refractivity contribution in [3.8, 4) is 5.75 Å². The molecule has 0 amide bonds. The van der Waals surface area contributed by atoms with E-state index in [1.165, 1.54) is 6.07 Å². The van der Waals surface area contributed by atoms with Crippen LogP contribution >= 0.6 is 0 Å². The molecule has 2 nitrogen and oxygen atoms in total. The van der Waals surface area contributed by atoms with Gasteiger partial charge in [0.25, 0.3) is 0 Å². The van der Waals surface area contributed by atoms with E-state index >= 15 is 0 Å². The van der Waals surface area contributed by atoms with Crippen LogP contribution in [0.5, 0.6) is 5.75 Å². The minimum atomic E-state index is -0.860. The van der Waals surface area contributed by atoms with Gasteiger partial charge in [-0.3, -0.25) is 0 Å². The molecule has 0 spiro atoms. The van der Waals surface area contributed by atoms with E-state index in [1.807, 2.05) is 6.92 Å². The van der Waals surface area contributed by atoms with Gasteiger partial charge >= 0.3 is 0 Å². The number of benzene rings is 1. The van der Waals surface area contributed by atoms with Gasteiger partial charge in [-0.2, -0.15) is 0 Å². The zero-order valence-electron chi connectivity index (χ0n) is 9.38. The maximum Gasteiger partial charge on any atom is 0.129 e. The molecule has 0 aromatic heterocycles. The second-order valence-corrected chi connectivity index (χ2v) is 4.05. The van der Waals surface area contributed by atoms with Crippen molar-refractivity contribution in [3.63, 3.8) is 0 Å². The Balaban J connectivity index is 2.62. The first-order chi connectivity index (χ1) is 6.94. The van der Waals surface area contributed by atoms with Gasteiger partial charge in [-0.15, -0.1) is 0 Å². The molecular formula is C12H17FO2. The second-order valence-electron chi connectivity index (χ2n) is 4.05. The third kappa shape index (κ3) is 3.51. The summed E-state index contributed by atoms with van der Waals surface area (Å²) in [5, 5.41) is 9.69. The SMILES string of the molecule is CCC(C)(O)COc1ccc(C)c(F)c1. The molecule has 1 N–H and O–H groups in total. The van der Waals surface area contributed by atoms with Crippen molar-refractivity contribution >= 4 is 0 Å². The zero-order chi connectivity index (χ0) is 11.5. The van der Waals surface area contributed by atoms with E-state index < -0.39 is 5.60 Å². The summed E-state index contributed by atoms with van der Waals surface area (Å²) in [4.78, 5) is 0. The van der Waals surface area contributed by atoms with Crippen LogP contribution in [-0.2, 0) is 0 Å². The first-order valence-corrected chi connectivity index (χ1v) is 5.06. The van der Waals surface area contributed by atoms with Gasteiger partial charge in [0.2, 0.25) is 0 Å². The van der Waals surface area contributed by atoms with Crippen LogP contribution in [0.4, 0.5) is 4.39 Å². The summed E-state index contributed by atoms with van der Waals surface area (Å²) in [6, 6.07) is 4.69. The van der Waals surface area contributed by atoms with E-state index in [1.54, 1.807) is 26.0 Å². The summed E-state index contributed by atoms with van der Waals surface area (Å²) in [5.74, 6) is 0.162. The number of aliphatic hydroxyl groups is 1. The molecule has 0 aliphatic rings. The van der Waals surface area contributed by atoms with Crippen LogP contribution in [0, 0.1) is 12.7 Å². The molecule has 0 heterocycles. The average molecular weight is 212 g/mol. The predicted octanol–water partition coefficient (Wildman–Crippen LogP) is 2.67. The fourth-order valence-corrected chi connectivity index (χ4v) is 1.00. The van der Waals surface area contributed by atoms with Crippen LogP contribution < -0.4 is 4.74 Å². The Labute approximate surface area is 89.7 Å². The Morgan fingerprint density at radius 1 is 1.47 bits per heavy atom. The van der Waals surface area contributed by atoms with E-state index in [2.05, 4.69) is 0 Å². The van der Waals surface area contributed by atoms with Crippen LogP contribution in [0.15, 0.2) is 18.2 Å². The van der Waals surface area contributed by atoms with Gasteiger partial charge < -0.3 is 9.84 Å². The molecule has 1 aromatic rings. The van der Waals surface area contributed by atoms with Gasteiger partial charge in [0.05, 0.1) is 5.60 Å². The first kappa shape index (κ1) is 12.0. The molecule has 1 atom stereocenters. The highest BCUT2D eigenvalue weighted by Gasteiger charge is 2.18. The lowest BCUT2D eigenvalue weighted by atomic mass is 10.1. The Bertz CT molecular complexity index is 334. The summed E-state index contributed by atoms with van der Waals surface area (Å²) >= 11 is 0. The Morgan fingerprint density at radius 2 is 2.13 bits per heavy atom. The molecule has 84 valence electrons. The second kappa shape index (κ2) is 4.62. The van der Waals surface area contributed by atoms with Crippen molar-refractivity contribution in [3.05, 3.63) is 29.6 Å². The lowest BCUT2D eigenvalue weighted by molar-refractivity contribution is 0.00837. The summed E-state index contributed by atoms with van der Waals surface area (Å²) in [6.45, 7) is 5.43. The molecule has 0 radical (unpaired) electrons. The van der Waals surface area contributed by atoms with Crippen molar-refractivity contribution in [2.24, 2.45) is 0 Å². The Kier molecular flexibility index (Phi) is 3.69. The van der Waals surface area contributed by atoms with Gasteiger partial charge in [-0.1, -0.05) is 13.0 Å². The zero-order valence-corrected chi connectivity index (χ0v) is 9.38. The summed E-state index contributed by atoms with van der Waals surface area (Å²) in [6.07, 6.45) is 0.599. The number of hydrogen-bond acceptors (Lipinski definition) is 2. The van der Waals surface area contributed by atoms with Crippen LogP contribution in [0.2, 0.25) is 0 Å². The molecule has 1 rings (SSSR count). The summed E-state index contributed by atoms with van der Waals surface area (Å²) in [5.41, 5.74) is -0.272. The smallest absolute Gasteiger partial charge is 0.129 e. The molecule has 0 saturated carbocycles. The molecule has 0 bridgehead atoms. The molecule has 15 heavy (non-hydrogen) atoms. The minimum absolute atomic E-state index is 0.173. The normalized spacial score (nSPS) is 14.7. The molecule has 0 aliphatic carbocycles. The van der Waals surface area contributed by atoms with Crippen LogP contribution in [0.1, 0.15) is 25.8 Å². The van der Waals surface area contributed by atoms with Gasteiger partial charge in [0.1, 0.15) is 18.2 Å². The molecule has 0 fully saturated rings. The van der Waals surface area contributed by atoms with Gasteiger partial charge in [-0.25, -0.2) is 4.39 Å². The summed E-state index contributed by atoms with van der Waals surface area (Å²) < 4.78 is 18.4. The maximum atomic E-state index is 13.1. The quantitative estimate of drug-likeness (QED) is 0.831. The number of ether oxygens (including phenoxy) is 1. The molecular weight excluding hydrogens is 195 g/mol. The topological polar surface area (TPSA) is 29.5 Å². The van der Waals surface area contributed by atoms with Crippen molar-refractivity contribution in [1.82, 2.24) is 0 Å². The highest BCUT2D eigenvalue weighted by atomic mass is 19.1. The third-order valence-corrected chi connectivity index (χ3v) is 2.45. The van der Waals surface area contributed by atoms with Crippen molar-refractivity contribution in [1.29, 1.82) is 0 Å². The fraction of sp³-hybridized carbons (Fsp3) is 0.500. The van der Waals surface area contributed by atoms with Gasteiger partial charge in [-0.05, 0) is 31.9 Å². The van der Waals surface area contributed by atoms with E-state index in [0.717, 1.165) is 0 Å². The molecule has 0 aliphatic heterocycles. The summed E-state index contributed by atoms with van der Waals surface area (Å²) in [7, 11) is 0. The van der Waals surface area contributed by atoms with E-state index in [4.69, 9.17) is 4.74 Å². The van der Waals surface area contributed by atoms with Gasteiger partial charge in [0, 0.05) is 6.07 Å². The Hall–Kier alpha value is -1.09. The lowest BCUT2D eigenvalue weighted by Gasteiger charge is -2.21. The largest absolute Gasteiger partial charge is 0.491 e. The number of hydrogen-bond donors (Lipinski definition) is 1. The maximum absolute atomic E-state index is 13.1. The monoisotopic (exact) mass is 212 g/mol. The van der Waals surface area contributed by atoms with Crippen LogP contribution in [0.3, 0.4) is 0 Å². The fourth-order valence-electron chi connectivity index (χ4n) is 1.00. The number of aryl methyl sites for hydroxylation is 1. The minimum Gasteiger partial charge on any atom is -0.491 e. The van der Waals surface area contributed by atoms with Crippen molar-refractivity contribution < 1.29 is 14.2 Å². The van der Waals surface area contributed by atoms with Crippen molar-refractivity contribution in [2.45, 2.75) is 32.8 Å². The molecule has 1 unspecified atom stereocenters. The van der Waals surface area contributed by atoms with Crippen LogP contribution in [0.25, 0.3) is 0 Å². The number of rotatable bonds is 4. The van der Waals surface area contributed by atoms with E-state index in [-0.39, 0.29) is 12.4 Å². The third-order valence-electron chi connectivity index (χ3n) is 2.45. The first-order valence-electron chi connectivity index (χ1n) is 5.06. The standard InChI is InChI=1S/C12H17FO2/c1-4-12(3,14)8-15-10-6-5-9(2)11(13)7-10/h5-7,14H,4,8H2,1-3H3. The van der Waals surface area contributed by atoms with Crippen molar-refractivity contribution in [2.75, 3.05) is 6.61 Å². The van der Waals surface area contributed by atoms with Gasteiger partial charge in [0.15, 0.2) is 0 Å².